The third kappa shape index (κ3) is 4.59. The van der Waals surface area contributed by atoms with Crippen LogP contribution in [-0.2, 0) is 11.3 Å². The minimum Gasteiger partial charge on any atom is -0.341 e. The van der Waals surface area contributed by atoms with Crippen LogP contribution in [-0.4, -0.2) is 30.9 Å². The number of rotatable bonds is 6. The molecule has 0 aliphatic carbocycles. The molecule has 0 saturated carbocycles. The number of benzene rings is 1. The lowest BCUT2D eigenvalue weighted by atomic mass is 10.1. The van der Waals surface area contributed by atoms with Crippen LogP contribution in [0, 0.1) is 17.6 Å². The fourth-order valence-corrected chi connectivity index (χ4v) is 1.81. The quantitative estimate of drug-likeness (QED) is 0.859. The molecule has 1 rings (SSSR count). The summed E-state index contributed by atoms with van der Waals surface area (Å²) in [6.07, 6.45) is 0. The molecule has 0 saturated heterocycles. The van der Waals surface area contributed by atoms with Gasteiger partial charge < -0.3 is 10.2 Å². The molecule has 1 N–H and O–H groups in total. The van der Waals surface area contributed by atoms with Gasteiger partial charge in [0.05, 0.1) is 0 Å². The molecule has 3 nitrogen and oxygen atoms in total. The summed E-state index contributed by atoms with van der Waals surface area (Å²) in [6, 6.07) is 3.39. The molecule has 0 spiro atoms. The van der Waals surface area contributed by atoms with Crippen molar-refractivity contribution in [2.24, 2.45) is 5.92 Å². The average molecular weight is 270 g/mol. The second kappa shape index (κ2) is 7.19. The molecule has 1 amide bonds. The van der Waals surface area contributed by atoms with Crippen LogP contribution >= 0.6 is 0 Å². The first-order chi connectivity index (χ1) is 8.95. The summed E-state index contributed by atoms with van der Waals surface area (Å²) in [6.45, 7) is 5.32. The lowest BCUT2D eigenvalue weighted by Crippen LogP contribution is -2.36. The fraction of sp³-hybridized carbons (Fsp3) is 0.500. The number of nitrogens with zero attached hydrogens (tertiary/aromatic N) is 1. The van der Waals surface area contributed by atoms with Gasteiger partial charge in [-0.1, -0.05) is 19.9 Å². The third-order valence-corrected chi connectivity index (χ3v) is 2.92. The molecular formula is C14H20F2N2O. The van der Waals surface area contributed by atoms with Crippen molar-refractivity contribution in [2.45, 2.75) is 20.4 Å². The van der Waals surface area contributed by atoms with Gasteiger partial charge in [0.2, 0.25) is 5.91 Å². The van der Waals surface area contributed by atoms with Gasteiger partial charge in [-0.3, -0.25) is 4.79 Å². The number of nitrogens with one attached hydrogen (secondary N) is 1. The van der Waals surface area contributed by atoms with Gasteiger partial charge in [0, 0.05) is 37.7 Å². The Morgan fingerprint density at radius 2 is 2.11 bits per heavy atom. The first kappa shape index (κ1) is 15.6. The summed E-state index contributed by atoms with van der Waals surface area (Å²) in [4.78, 5) is 13.5. The highest BCUT2D eigenvalue weighted by Crippen LogP contribution is 2.12. The van der Waals surface area contributed by atoms with Gasteiger partial charge in [0.1, 0.15) is 11.6 Å². The van der Waals surface area contributed by atoms with Crippen LogP contribution in [0.5, 0.6) is 0 Å². The van der Waals surface area contributed by atoms with E-state index in [1.165, 1.54) is 17.0 Å². The highest BCUT2D eigenvalue weighted by atomic mass is 19.1. The fourth-order valence-electron chi connectivity index (χ4n) is 1.81. The van der Waals surface area contributed by atoms with Gasteiger partial charge in [-0.05, 0) is 12.6 Å². The van der Waals surface area contributed by atoms with Crippen LogP contribution in [0.25, 0.3) is 0 Å². The summed E-state index contributed by atoms with van der Waals surface area (Å²) in [5, 5.41) is 3.10. The van der Waals surface area contributed by atoms with E-state index in [0.29, 0.717) is 12.1 Å². The molecule has 0 aliphatic rings. The van der Waals surface area contributed by atoms with E-state index < -0.39 is 11.6 Å². The van der Waals surface area contributed by atoms with Crippen LogP contribution < -0.4 is 5.32 Å². The molecule has 0 bridgehead atoms. The largest absolute Gasteiger partial charge is 0.341 e. The topological polar surface area (TPSA) is 32.3 Å². The van der Waals surface area contributed by atoms with Crippen molar-refractivity contribution < 1.29 is 13.6 Å². The minimum absolute atomic E-state index is 0.0651. The summed E-state index contributed by atoms with van der Waals surface area (Å²) in [7, 11) is 1.62. The summed E-state index contributed by atoms with van der Waals surface area (Å²) < 4.78 is 26.3. The Kier molecular flexibility index (Phi) is 5.89. The zero-order valence-corrected chi connectivity index (χ0v) is 11.5. The van der Waals surface area contributed by atoms with E-state index in [1.807, 2.05) is 13.8 Å². The highest BCUT2D eigenvalue weighted by molar-refractivity contribution is 5.78. The number of halogens is 2. The normalized spacial score (nSPS) is 12.3. The summed E-state index contributed by atoms with van der Waals surface area (Å²) >= 11 is 0. The van der Waals surface area contributed by atoms with Gasteiger partial charge in [-0.25, -0.2) is 8.78 Å². The minimum atomic E-state index is -0.626. The Labute approximate surface area is 112 Å². The maximum absolute atomic E-state index is 13.5. The molecule has 106 valence electrons. The zero-order valence-electron chi connectivity index (χ0n) is 11.5. The molecule has 1 aromatic carbocycles. The first-order valence-electron chi connectivity index (χ1n) is 6.35. The molecule has 0 radical (unpaired) electrons. The number of carbonyl (C=O) groups is 1. The average Bonchev–Trinajstić information content (AvgIpc) is 2.38. The van der Waals surface area contributed by atoms with Gasteiger partial charge in [0.15, 0.2) is 0 Å². The Morgan fingerprint density at radius 3 is 2.68 bits per heavy atom. The maximum Gasteiger partial charge on any atom is 0.226 e. The van der Waals surface area contributed by atoms with Gasteiger partial charge in [-0.2, -0.15) is 0 Å². The van der Waals surface area contributed by atoms with E-state index >= 15 is 0 Å². The van der Waals surface area contributed by atoms with Gasteiger partial charge in [0.25, 0.3) is 0 Å². The number of hydrogen-bond acceptors (Lipinski definition) is 2. The van der Waals surface area contributed by atoms with Crippen LogP contribution in [0.2, 0.25) is 0 Å². The number of carbonyl (C=O) groups excluding carboxylic acids is 1. The van der Waals surface area contributed by atoms with Gasteiger partial charge in [-0.15, -0.1) is 0 Å². The molecule has 5 heteroatoms. The van der Waals surface area contributed by atoms with Crippen molar-refractivity contribution in [3.63, 3.8) is 0 Å². The summed E-state index contributed by atoms with van der Waals surface area (Å²) in [5.41, 5.74) is 0.313. The SMILES string of the molecule is CCNCC(C)C(=O)N(C)Cc1ccc(F)cc1F. The first-order valence-corrected chi connectivity index (χ1v) is 6.35. The highest BCUT2D eigenvalue weighted by Gasteiger charge is 2.18. The van der Waals surface area contributed by atoms with E-state index in [2.05, 4.69) is 5.32 Å². The van der Waals surface area contributed by atoms with Crippen molar-refractivity contribution in [2.75, 3.05) is 20.1 Å². The van der Waals surface area contributed by atoms with Crippen molar-refractivity contribution in [3.8, 4) is 0 Å². The monoisotopic (exact) mass is 270 g/mol. The molecule has 0 aromatic heterocycles. The van der Waals surface area contributed by atoms with Crippen molar-refractivity contribution in [3.05, 3.63) is 35.4 Å². The summed E-state index contributed by atoms with van der Waals surface area (Å²) in [5.74, 6) is -1.48. The zero-order chi connectivity index (χ0) is 14.4. The Hall–Kier alpha value is -1.49. The van der Waals surface area contributed by atoms with E-state index in [1.54, 1.807) is 7.05 Å². The smallest absolute Gasteiger partial charge is 0.226 e. The Bertz CT molecular complexity index is 437. The van der Waals surface area contributed by atoms with Crippen LogP contribution in [0.1, 0.15) is 19.4 Å². The predicted octanol–water partition coefficient (Wildman–Crippen LogP) is 2.17. The van der Waals surface area contributed by atoms with E-state index in [-0.39, 0.29) is 18.4 Å². The van der Waals surface area contributed by atoms with Crippen molar-refractivity contribution in [1.29, 1.82) is 0 Å². The molecular weight excluding hydrogens is 250 g/mol. The third-order valence-electron chi connectivity index (χ3n) is 2.92. The van der Waals surface area contributed by atoms with E-state index in [9.17, 15) is 13.6 Å². The molecule has 19 heavy (non-hydrogen) atoms. The van der Waals surface area contributed by atoms with Gasteiger partial charge >= 0.3 is 0 Å². The molecule has 0 fully saturated rings. The number of hydrogen-bond donors (Lipinski definition) is 1. The lowest BCUT2D eigenvalue weighted by molar-refractivity contribution is -0.134. The van der Waals surface area contributed by atoms with Crippen LogP contribution in [0.15, 0.2) is 18.2 Å². The Morgan fingerprint density at radius 1 is 1.42 bits per heavy atom. The maximum atomic E-state index is 13.5. The second-order valence-electron chi connectivity index (χ2n) is 4.64. The second-order valence-corrected chi connectivity index (χ2v) is 4.64. The molecule has 1 atom stereocenters. The molecule has 1 unspecified atom stereocenters. The van der Waals surface area contributed by atoms with E-state index in [4.69, 9.17) is 0 Å². The molecule has 0 heterocycles. The van der Waals surface area contributed by atoms with Crippen molar-refractivity contribution in [1.82, 2.24) is 10.2 Å². The predicted molar refractivity (Wildman–Crippen MR) is 70.5 cm³/mol. The van der Waals surface area contributed by atoms with Crippen molar-refractivity contribution >= 4 is 5.91 Å². The van der Waals surface area contributed by atoms with E-state index in [0.717, 1.165) is 12.6 Å². The number of amides is 1. The van der Waals surface area contributed by atoms with Crippen LogP contribution in [0.3, 0.4) is 0 Å². The van der Waals surface area contributed by atoms with Crippen LogP contribution in [0.4, 0.5) is 8.78 Å². The standard InChI is InChI=1S/C14H20F2N2O/c1-4-17-8-10(2)14(19)18(3)9-11-5-6-12(15)7-13(11)16/h5-7,10,17H,4,8-9H2,1-3H3. The molecule has 1 aromatic rings. The Balaban J connectivity index is 2.63. The lowest BCUT2D eigenvalue weighted by Gasteiger charge is -2.22. The molecule has 0 aliphatic heterocycles.